The quantitative estimate of drug-likeness (QED) is 0.204. The number of benzene rings is 2. The van der Waals surface area contributed by atoms with Crippen LogP contribution in [0.3, 0.4) is 0 Å². The lowest BCUT2D eigenvalue weighted by atomic mass is 10.1. The molecule has 1 aliphatic rings. The molecule has 2 aromatic carbocycles. The number of ether oxygens (including phenoxy) is 1. The fourth-order valence-electron chi connectivity index (χ4n) is 2.81. The first-order chi connectivity index (χ1) is 13.9. The van der Waals surface area contributed by atoms with Crippen molar-refractivity contribution >= 4 is 63.5 Å². The number of rotatable bonds is 6. The van der Waals surface area contributed by atoms with Gasteiger partial charge >= 0.3 is 0 Å². The number of nitrogens with zero attached hydrogens (tertiary/aromatic N) is 1. The van der Waals surface area contributed by atoms with Gasteiger partial charge in [-0.15, -0.1) is 0 Å². The number of aryl methyl sites for hydroxylation is 1. The van der Waals surface area contributed by atoms with Crippen LogP contribution in [0.4, 0.5) is 5.69 Å². The summed E-state index contributed by atoms with van der Waals surface area (Å²) in [7, 11) is 0. The summed E-state index contributed by atoms with van der Waals surface area (Å²) in [6.07, 6.45) is 4.12. The number of anilines is 1. The van der Waals surface area contributed by atoms with Gasteiger partial charge < -0.3 is 4.74 Å². The zero-order valence-electron chi connectivity index (χ0n) is 15.8. The van der Waals surface area contributed by atoms with Crippen molar-refractivity contribution in [2.24, 2.45) is 0 Å². The lowest BCUT2D eigenvalue weighted by Gasteiger charge is -2.29. The Hall–Kier alpha value is -2.52. The molecule has 2 aromatic rings. The summed E-state index contributed by atoms with van der Waals surface area (Å²) >= 11 is 7.39. The highest BCUT2D eigenvalue weighted by Crippen LogP contribution is 2.26. The number of nitrogens with one attached hydrogen (secondary N) is 1. The van der Waals surface area contributed by atoms with E-state index in [0.29, 0.717) is 23.6 Å². The third kappa shape index (κ3) is 4.73. The van der Waals surface area contributed by atoms with E-state index in [2.05, 4.69) is 41.4 Å². The van der Waals surface area contributed by atoms with Gasteiger partial charge in [-0.05, 0) is 82.7 Å². The summed E-state index contributed by atoms with van der Waals surface area (Å²) in [5.74, 6) is -0.251. The first-order valence-corrected chi connectivity index (χ1v) is 10.5. The van der Waals surface area contributed by atoms with Crippen LogP contribution >= 0.6 is 34.8 Å². The van der Waals surface area contributed by atoms with Gasteiger partial charge in [-0.3, -0.25) is 19.8 Å². The van der Waals surface area contributed by atoms with E-state index < -0.39 is 11.8 Å². The third-order valence-electron chi connectivity index (χ3n) is 4.33. The highest BCUT2D eigenvalue weighted by atomic mass is 127. The summed E-state index contributed by atoms with van der Waals surface area (Å²) < 4.78 is 6.43. The van der Waals surface area contributed by atoms with Crippen molar-refractivity contribution in [2.45, 2.75) is 13.3 Å². The smallest absolute Gasteiger partial charge is 0.270 e. The minimum atomic E-state index is -0.511. The Kier molecular flexibility index (Phi) is 6.81. The van der Waals surface area contributed by atoms with Crippen LogP contribution in [0.5, 0.6) is 5.75 Å². The second-order valence-corrected chi connectivity index (χ2v) is 7.82. The number of hydrogen-bond donors (Lipinski definition) is 1. The van der Waals surface area contributed by atoms with Crippen molar-refractivity contribution in [1.29, 1.82) is 0 Å². The average Bonchev–Trinajstić information content (AvgIpc) is 2.71. The van der Waals surface area contributed by atoms with Crippen LogP contribution in [0.25, 0.3) is 6.08 Å². The predicted molar refractivity (Wildman–Crippen MR) is 127 cm³/mol. The van der Waals surface area contributed by atoms with E-state index in [1.54, 1.807) is 24.3 Å². The molecule has 0 atom stereocenters. The number of carbonyl (C=O) groups is 2. The molecule has 3 rings (SSSR count). The van der Waals surface area contributed by atoms with Crippen molar-refractivity contribution < 1.29 is 14.3 Å². The Morgan fingerprint density at radius 3 is 2.55 bits per heavy atom. The molecule has 0 aliphatic carbocycles. The van der Waals surface area contributed by atoms with E-state index in [-0.39, 0.29) is 10.7 Å². The van der Waals surface area contributed by atoms with Gasteiger partial charge in [-0.25, -0.2) is 0 Å². The van der Waals surface area contributed by atoms with Gasteiger partial charge in [0, 0.05) is 0 Å². The average molecular weight is 518 g/mol. The van der Waals surface area contributed by atoms with Crippen LogP contribution in [-0.4, -0.2) is 23.5 Å². The van der Waals surface area contributed by atoms with Crippen molar-refractivity contribution in [3.8, 4) is 5.75 Å². The van der Waals surface area contributed by atoms with Gasteiger partial charge in [-0.1, -0.05) is 37.8 Å². The molecule has 0 aromatic heterocycles. The van der Waals surface area contributed by atoms with E-state index in [9.17, 15) is 9.59 Å². The molecule has 5 nitrogen and oxygen atoms in total. The Morgan fingerprint density at radius 2 is 1.93 bits per heavy atom. The molecule has 2 amide bonds. The van der Waals surface area contributed by atoms with Crippen LogP contribution in [0.1, 0.15) is 18.1 Å². The molecule has 0 radical (unpaired) electrons. The predicted octanol–water partition coefficient (Wildman–Crippen LogP) is 4.25. The molecule has 1 fully saturated rings. The summed E-state index contributed by atoms with van der Waals surface area (Å²) in [5.41, 5.74) is 2.50. The van der Waals surface area contributed by atoms with Gasteiger partial charge in [0.05, 0.1) is 9.26 Å². The Morgan fingerprint density at radius 1 is 1.21 bits per heavy atom. The normalized spacial score (nSPS) is 15.4. The molecule has 29 heavy (non-hydrogen) atoms. The van der Waals surface area contributed by atoms with Gasteiger partial charge in [0.2, 0.25) is 0 Å². The van der Waals surface area contributed by atoms with E-state index in [0.717, 1.165) is 15.6 Å². The van der Waals surface area contributed by atoms with E-state index in [1.807, 2.05) is 30.3 Å². The lowest BCUT2D eigenvalue weighted by Crippen LogP contribution is -2.54. The Balaban J connectivity index is 1.92. The van der Waals surface area contributed by atoms with E-state index in [1.165, 1.54) is 4.90 Å². The van der Waals surface area contributed by atoms with Crippen LogP contribution < -0.4 is 15.0 Å². The summed E-state index contributed by atoms with van der Waals surface area (Å²) in [6, 6.07) is 13.0. The monoisotopic (exact) mass is 518 g/mol. The fraction of sp³-hybridized carbons (Fsp3) is 0.136. The zero-order chi connectivity index (χ0) is 21.0. The minimum Gasteiger partial charge on any atom is -0.488 e. The molecule has 148 valence electrons. The lowest BCUT2D eigenvalue weighted by molar-refractivity contribution is -0.122. The van der Waals surface area contributed by atoms with Gasteiger partial charge in [0.25, 0.3) is 11.8 Å². The van der Waals surface area contributed by atoms with Crippen molar-refractivity contribution in [3.05, 3.63) is 75.4 Å². The van der Waals surface area contributed by atoms with Crippen LogP contribution in [0.2, 0.25) is 0 Å². The standard InChI is InChI=1S/C22H19IN2O3S/c1-3-11-28-19-10-7-15(13-18(19)23)12-17-20(26)24-22(29)25(21(17)27)16-8-5-14(4-2)6-9-16/h3,5-10,12-13H,1,4,11H2,2H3,(H,24,26,29)/b17-12+. The third-order valence-corrected chi connectivity index (χ3v) is 5.46. The molecule has 1 aliphatic heterocycles. The fourth-order valence-corrected chi connectivity index (χ4v) is 3.79. The topological polar surface area (TPSA) is 58.6 Å². The summed E-state index contributed by atoms with van der Waals surface area (Å²) in [5, 5.41) is 2.68. The first-order valence-electron chi connectivity index (χ1n) is 8.98. The highest BCUT2D eigenvalue weighted by Gasteiger charge is 2.34. The van der Waals surface area contributed by atoms with Crippen molar-refractivity contribution in [1.82, 2.24) is 5.32 Å². The molecular formula is C22H19IN2O3S. The van der Waals surface area contributed by atoms with E-state index >= 15 is 0 Å². The van der Waals surface area contributed by atoms with Crippen molar-refractivity contribution in [3.63, 3.8) is 0 Å². The number of hydrogen-bond acceptors (Lipinski definition) is 4. The van der Waals surface area contributed by atoms with Gasteiger partial charge in [-0.2, -0.15) is 0 Å². The molecule has 0 saturated carbocycles. The maximum absolute atomic E-state index is 13.1. The number of carbonyl (C=O) groups excluding carboxylic acids is 2. The number of halogens is 1. The summed E-state index contributed by atoms with van der Waals surface area (Å²) in [4.78, 5) is 26.9. The first kappa shape index (κ1) is 21.2. The maximum Gasteiger partial charge on any atom is 0.270 e. The Labute approximate surface area is 188 Å². The second kappa shape index (κ2) is 9.32. The van der Waals surface area contributed by atoms with Crippen LogP contribution in [0, 0.1) is 3.57 Å². The molecule has 1 N–H and O–H groups in total. The number of thiocarbonyl (C=S) groups is 1. The SMILES string of the molecule is C=CCOc1ccc(/C=C2\C(=O)NC(=S)N(c3ccc(CC)cc3)C2=O)cc1I. The molecule has 1 saturated heterocycles. The molecule has 7 heteroatoms. The summed E-state index contributed by atoms with van der Waals surface area (Å²) in [6.45, 7) is 6.09. The van der Waals surface area contributed by atoms with E-state index in [4.69, 9.17) is 17.0 Å². The highest BCUT2D eigenvalue weighted by molar-refractivity contribution is 14.1. The molecule has 0 bridgehead atoms. The Bertz CT molecular complexity index is 1020. The van der Waals surface area contributed by atoms with Gasteiger partial charge in [0.15, 0.2) is 5.11 Å². The van der Waals surface area contributed by atoms with Gasteiger partial charge in [0.1, 0.15) is 17.9 Å². The zero-order valence-corrected chi connectivity index (χ0v) is 18.7. The second-order valence-electron chi connectivity index (χ2n) is 6.27. The largest absolute Gasteiger partial charge is 0.488 e. The number of amides is 2. The maximum atomic E-state index is 13.1. The van der Waals surface area contributed by atoms with Crippen LogP contribution in [-0.2, 0) is 16.0 Å². The van der Waals surface area contributed by atoms with Crippen LogP contribution in [0.15, 0.2) is 60.7 Å². The van der Waals surface area contributed by atoms with Crippen molar-refractivity contribution in [2.75, 3.05) is 11.5 Å². The molecule has 0 unspecified atom stereocenters. The minimum absolute atomic E-state index is 0.0220. The molecule has 0 spiro atoms. The molecular weight excluding hydrogens is 499 g/mol. The molecule has 1 heterocycles.